The predicted molar refractivity (Wildman–Crippen MR) is 126 cm³/mol. The van der Waals surface area contributed by atoms with Crippen LogP contribution in [-0.2, 0) is 19.0 Å². The average Bonchev–Trinajstić information content (AvgIpc) is 3.04. The van der Waals surface area contributed by atoms with Gasteiger partial charge in [0, 0.05) is 25.9 Å². The summed E-state index contributed by atoms with van der Waals surface area (Å²) in [4.78, 5) is 11.3. The van der Waals surface area contributed by atoms with E-state index >= 15 is 0 Å². The molecule has 5 heteroatoms. The highest BCUT2D eigenvalue weighted by Crippen LogP contribution is 2.60. The van der Waals surface area contributed by atoms with Crippen molar-refractivity contribution in [2.24, 2.45) is 16.7 Å². The fourth-order valence-electron chi connectivity index (χ4n) is 6.47. The van der Waals surface area contributed by atoms with Gasteiger partial charge in [0.25, 0.3) is 0 Å². The molecule has 0 bridgehead atoms. The van der Waals surface area contributed by atoms with E-state index in [9.17, 15) is 9.90 Å². The minimum Gasteiger partial charge on any atom is -0.428 e. The number of carbonyl (C=O) groups excluding carboxylic acids is 1. The van der Waals surface area contributed by atoms with Crippen LogP contribution in [0.5, 0.6) is 0 Å². The number of cyclic esters (lactones) is 1. The molecule has 0 spiro atoms. The number of hydrogen-bond acceptors (Lipinski definition) is 5. The number of aliphatic hydroxyl groups is 1. The van der Waals surface area contributed by atoms with Crippen molar-refractivity contribution in [1.29, 1.82) is 0 Å². The number of esters is 1. The largest absolute Gasteiger partial charge is 0.428 e. The number of hydrogen-bond donors (Lipinski definition) is 1. The number of fused-ring (bicyclic) bond motifs is 1. The molecule has 0 saturated heterocycles. The van der Waals surface area contributed by atoms with E-state index in [1.54, 1.807) is 31.4 Å². The normalized spacial score (nSPS) is 30.7. The van der Waals surface area contributed by atoms with Gasteiger partial charge < -0.3 is 19.3 Å². The molecule has 3 rings (SSSR count). The Labute approximate surface area is 193 Å². The molecule has 2 aliphatic carbocycles. The van der Waals surface area contributed by atoms with Crippen LogP contribution in [-0.4, -0.2) is 37.9 Å². The second-order valence-electron chi connectivity index (χ2n) is 10.4. The van der Waals surface area contributed by atoms with E-state index < -0.39 is 18.5 Å². The molecule has 0 amide bonds. The highest BCUT2D eigenvalue weighted by Gasteiger charge is 2.49. The Bertz CT molecular complexity index is 827. The van der Waals surface area contributed by atoms with Gasteiger partial charge in [-0.2, -0.15) is 0 Å². The van der Waals surface area contributed by atoms with Crippen LogP contribution in [0.3, 0.4) is 0 Å². The molecule has 0 aromatic carbocycles. The van der Waals surface area contributed by atoms with Crippen molar-refractivity contribution in [1.82, 2.24) is 0 Å². The van der Waals surface area contributed by atoms with Crippen molar-refractivity contribution in [2.75, 3.05) is 14.2 Å². The Morgan fingerprint density at radius 1 is 1.28 bits per heavy atom. The quantitative estimate of drug-likeness (QED) is 0.228. The number of allylic oxidation sites excluding steroid dienone is 4. The zero-order valence-electron chi connectivity index (χ0n) is 20.6. The lowest BCUT2D eigenvalue weighted by atomic mass is 9.50. The molecule has 0 aromatic rings. The lowest BCUT2D eigenvalue weighted by Gasteiger charge is -2.55. The van der Waals surface area contributed by atoms with E-state index in [1.165, 1.54) is 38.2 Å². The van der Waals surface area contributed by atoms with Crippen molar-refractivity contribution < 1.29 is 24.1 Å². The van der Waals surface area contributed by atoms with Crippen molar-refractivity contribution in [3.05, 3.63) is 46.6 Å². The maximum atomic E-state index is 11.3. The van der Waals surface area contributed by atoms with Gasteiger partial charge in [0.2, 0.25) is 6.29 Å². The Morgan fingerprint density at radius 3 is 2.62 bits per heavy atom. The summed E-state index contributed by atoms with van der Waals surface area (Å²) in [5.41, 5.74) is 5.30. The van der Waals surface area contributed by atoms with Gasteiger partial charge in [-0.3, -0.25) is 0 Å². The minimum atomic E-state index is -1.20. The van der Waals surface area contributed by atoms with Gasteiger partial charge in [0.15, 0.2) is 6.29 Å². The van der Waals surface area contributed by atoms with Gasteiger partial charge in [0.1, 0.15) is 0 Å². The fraction of sp³-hybridized carbons (Fsp3) is 0.667. The summed E-state index contributed by atoms with van der Waals surface area (Å²) in [6.07, 6.45) is 13.4. The molecule has 1 fully saturated rings. The monoisotopic (exact) mass is 444 g/mol. The zero-order chi connectivity index (χ0) is 23.5. The van der Waals surface area contributed by atoms with Gasteiger partial charge >= 0.3 is 5.97 Å². The summed E-state index contributed by atoms with van der Waals surface area (Å²) in [6, 6.07) is 0. The molecule has 1 saturated carbocycles. The highest BCUT2D eigenvalue weighted by molar-refractivity contribution is 5.86. The SMILES string of the molecule is COC(OC)/C(=C/C=C/C1=CC(=O)OC1O)CCC1=C(C)CC[C@H]2C(C)(C)CCC[C@]12C. The third-order valence-electron chi connectivity index (χ3n) is 8.03. The predicted octanol–water partition coefficient (Wildman–Crippen LogP) is 5.61. The van der Waals surface area contributed by atoms with Gasteiger partial charge in [-0.05, 0) is 67.8 Å². The fourth-order valence-corrected chi connectivity index (χ4v) is 6.47. The number of aliphatic hydroxyl groups excluding tert-OH is 1. The van der Waals surface area contributed by atoms with E-state index in [2.05, 4.69) is 27.7 Å². The first-order valence-corrected chi connectivity index (χ1v) is 11.8. The van der Waals surface area contributed by atoms with Crippen molar-refractivity contribution in [2.45, 2.75) is 85.2 Å². The molecule has 32 heavy (non-hydrogen) atoms. The molecule has 1 unspecified atom stereocenters. The van der Waals surface area contributed by atoms with E-state index in [0.717, 1.165) is 24.3 Å². The van der Waals surface area contributed by atoms with Crippen LogP contribution < -0.4 is 0 Å². The lowest BCUT2D eigenvalue weighted by Crippen LogP contribution is -2.45. The van der Waals surface area contributed by atoms with Crippen LogP contribution in [0.2, 0.25) is 0 Å². The van der Waals surface area contributed by atoms with Crippen LogP contribution >= 0.6 is 0 Å². The van der Waals surface area contributed by atoms with Crippen molar-refractivity contribution in [3.63, 3.8) is 0 Å². The van der Waals surface area contributed by atoms with Crippen LogP contribution in [0.15, 0.2) is 46.6 Å². The second-order valence-corrected chi connectivity index (χ2v) is 10.4. The third kappa shape index (κ3) is 5.11. The molecule has 1 N–H and O–H groups in total. The van der Waals surface area contributed by atoms with Crippen molar-refractivity contribution >= 4 is 5.97 Å². The van der Waals surface area contributed by atoms with Gasteiger partial charge in [-0.15, -0.1) is 0 Å². The molecule has 0 aromatic heterocycles. The van der Waals surface area contributed by atoms with E-state index in [-0.39, 0.29) is 5.41 Å². The topological polar surface area (TPSA) is 65.0 Å². The molecule has 178 valence electrons. The minimum absolute atomic E-state index is 0.261. The van der Waals surface area contributed by atoms with Crippen LogP contribution in [0.4, 0.5) is 0 Å². The Kier molecular flexibility index (Phi) is 7.85. The molecule has 0 radical (unpaired) electrons. The lowest BCUT2D eigenvalue weighted by molar-refractivity contribution is -0.150. The summed E-state index contributed by atoms with van der Waals surface area (Å²) in [5.74, 6) is 0.203. The molecule has 1 heterocycles. The molecule has 3 atom stereocenters. The smallest absolute Gasteiger partial charge is 0.333 e. The molecule has 3 aliphatic rings. The average molecular weight is 445 g/mol. The van der Waals surface area contributed by atoms with Gasteiger partial charge in [-0.25, -0.2) is 4.79 Å². The summed E-state index contributed by atoms with van der Waals surface area (Å²) in [7, 11) is 3.29. The summed E-state index contributed by atoms with van der Waals surface area (Å²) in [6.45, 7) is 9.72. The standard InChI is InChI=1S/C27H40O5/c1-18-11-14-22-26(2,3)15-8-16-27(22,4)21(18)13-12-19(25(30-5)31-6)9-7-10-20-17-23(28)32-24(20)29/h7,9-10,17,22,24-25,29H,8,11-16H2,1-6H3/b10-7+,19-9+/t22-,24?,27+/m0/s1. The first-order chi connectivity index (χ1) is 15.1. The molecule has 1 aliphatic heterocycles. The third-order valence-corrected chi connectivity index (χ3v) is 8.03. The summed E-state index contributed by atoms with van der Waals surface area (Å²) in [5, 5.41) is 9.77. The highest BCUT2D eigenvalue weighted by atomic mass is 16.7. The maximum Gasteiger partial charge on any atom is 0.333 e. The Morgan fingerprint density at radius 2 is 2.00 bits per heavy atom. The number of methoxy groups -OCH3 is 2. The summed E-state index contributed by atoms with van der Waals surface area (Å²) >= 11 is 0. The van der Waals surface area contributed by atoms with Gasteiger partial charge in [-0.1, -0.05) is 56.6 Å². The van der Waals surface area contributed by atoms with Crippen LogP contribution in [0.1, 0.15) is 72.6 Å². The van der Waals surface area contributed by atoms with E-state index in [1.807, 2.05) is 12.2 Å². The Balaban J connectivity index is 1.81. The van der Waals surface area contributed by atoms with E-state index in [4.69, 9.17) is 14.2 Å². The van der Waals surface area contributed by atoms with Gasteiger partial charge in [0.05, 0.1) is 0 Å². The first-order valence-electron chi connectivity index (χ1n) is 11.8. The second kappa shape index (κ2) is 10.1. The van der Waals surface area contributed by atoms with Crippen LogP contribution in [0, 0.1) is 16.7 Å². The molecule has 5 nitrogen and oxygen atoms in total. The number of carbonyl (C=O) groups is 1. The maximum absolute atomic E-state index is 11.3. The first kappa shape index (κ1) is 24.9. The summed E-state index contributed by atoms with van der Waals surface area (Å²) < 4.78 is 15.9. The Hall–Kier alpha value is -1.69. The molecular formula is C27H40O5. The zero-order valence-corrected chi connectivity index (χ0v) is 20.6. The van der Waals surface area contributed by atoms with Crippen molar-refractivity contribution in [3.8, 4) is 0 Å². The number of ether oxygens (including phenoxy) is 3. The number of rotatable bonds is 8. The van der Waals surface area contributed by atoms with Crippen LogP contribution in [0.25, 0.3) is 0 Å². The van der Waals surface area contributed by atoms with E-state index in [0.29, 0.717) is 11.0 Å². The molecular weight excluding hydrogens is 404 g/mol.